The van der Waals surface area contributed by atoms with Crippen LogP contribution in [0.3, 0.4) is 0 Å². The van der Waals surface area contributed by atoms with Gasteiger partial charge in [-0.15, -0.1) is 0 Å². The van der Waals surface area contributed by atoms with Gasteiger partial charge in [-0.05, 0) is 25.0 Å². The minimum Gasteiger partial charge on any atom is -0.459 e. The molecule has 3 rings (SSSR count). The van der Waals surface area contributed by atoms with Crippen LogP contribution in [0.4, 0.5) is 18.3 Å². The van der Waals surface area contributed by atoms with Crippen molar-refractivity contribution in [2.45, 2.75) is 25.1 Å². The monoisotopic (exact) mass is 345 g/mol. The number of carbonyl (C=O) groups is 1. The molecule has 0 aromatic carbocycles. The number of halogens is 3. The van der Waals surface area contributed by atoms with Crippen LogP contribution in [0.15, 0.2) is 29.0 Å². The Labute approximate surface area is 134 Å². The number of nitrogens with zero attached hydrogens (tertiary/aromatic N) is 2. The standard InChI is InChI=1S/C14H14F3N3O2S/c15-14(16,17)11-8-18-13(23-11)19-9-3-5-20(6-4-9)12(21)10-2-1-7-22-10/h1-2,7-9H,3-6H2,(H,18,19). The van der Waals surface area contributed by atoms with Gasteiger partial charge < -0.3 is 14.6 Å². The number of thiazole rings is 1. The zero-order valence-corrected chi connectivity index (χ0v) is 12.8. The summed E-state index contributed by atoms with van der Waals surface area (Å²) in [5.41, 5.74) is 0. The molecule has 1 N–H and O–H groups in total. The number of alkyl halides is 3. The van der Waals surface area contributed by atoms with E-state index in [2.05, 4.69) is 10.3 Å². The first-order valence-corrected chi connectivity index (χ1v) is 7.87. The Hall–Kier alpha value is -2.03. The topological polar surface area (TPSA) is 58.4 Å². The first-order chi connectivity index (χ1) is 10.9. The van der Waals surface area contributed by atoms with Crippen molar-refractivity contribution in [2.75, 3.05) is 18.4 Å². The molecule has 2 aromatic heterocycles. The third-order valence-electron chi connectivity index (χ3n) is 3.63. The summed E-state index contributed by atoms with van der Waals surface area (Å²) in [6.07, 6.45) is -0.790. The highest BCUT2D eigenvalue weighted by Crippen LogP contribution is 2.35. The van der Waals surface area contributed by atoms with E-state index in [9.17, 15) is 18.0 Å². The highest BCUT2D eigenvalue weighted by atomic mass is 32.1. The quantitative estimate of drug-likeness (QED) is 0.925. The van der Waals surface area contributed by atoms with Crippen molar-refractivity contribution in [2.24, 2.45) is 0 Å². The number of furan rings is 1. The molecule has 1 amide bonds. The van der Waals surface area contributed by atoms with Gasteiger partial charge in [-0.25, -0.2) is 4.98 Å². The first kappa shape index (κ1) is 15.9. The second kappa shape index (κ2) is 6.23. The Balaban J connectivity index is 1.53. The van der Waals surface area contributed by atoms with Crippen molar-refractivity contribution < 1.29 is 22.4 Å². The summed E-state index contributed by atoms with van der Waals surface area (Å²) in [6, 6.07) is 3.27. The minimum absolute atomic E-state index is 0.00267. The highest BCUT2D eigenvalue weighted by molar-refractivity contribution is 7.15. The van der Waals surface area contributed by atoms with Gasteiger partial charge in [-0.2, -0.15) is 13.2 Å². The molecule has 1 saturated heterocycles. The second-order valence-electron chi connectivity index (χ2n) is 5.22. The van der Waals surface area contributed by atoms with Crippen molar-refractivity contribution in [3.05, 3.63) is 35.2 Å². The zero-order chi connectivity index (χ0) is 16.4. The van der Waals surface area contributed by atoms with E-state index in [4.69, 9.17) is 4.42 Å². The van der Waals surface area contributed by atoms with Crippen molar-refractivity contribution in [3.8, 4) is 0 Å². The second-order valence-corrected chi connectivity index (χ2v) is 6.25. The number of carbonyl (C=O) groups excluding carboxylic acids is 1. The summed E-state index contributed by atoms with van der Waals surface area (Å²) in [6.45, 7) is 1.05. The van der Waals surface area contributed by atoms with Crippen LogP contribution in [0.1, 0.15) is 28.3 Å². The summed E-state index contributed by atoms with van der Waals surface area (Å²) in [5, 5.41) is 3.27. The van der Waals surface area contributed by atoms with Gasteiger partial charge in [0.25, 0.3) is 5.91 Å². The lowest BCUT2D eigenvalue weighted by Gasteiger charge is -2.31. The number of hydrogen-bond donors (Lipinski definition) is 1. The fraction of sp³-hybridized carbons (Fsp3) is 0.429. The van der Waals surface area contributed by atoms with Gasteiger partial charge >= 0.3 is 6.18 Å². The fourth-order valence-electron chi connectivity index (χ4n) is 2.43. The lowest BCUT2D eigenvalue weighted by Crippen LogP contribution is -2.42. The Bertz CT molecular complexity index is 661. The maximum absolute atomic E-state index is 12.5. The van der Waals surface area contributed by atoms with Crippen LogP contribution >= 0.6 is 11.3 Å². The maximum atomic E-state index is 12.5. The molecule has 0 atom stereocenters. The molecular formula is C14H14F3N3O2S. The van der Waals surface area contributed by atoms with E-state index < -0.39 is 11.1 Å². The minimum atomic E-state index is -4.36. The number of likely N-dealkylation sites (tertiary alicyclic amines) is 1. The summed E-state index contributed by atoms with van der Waals surface area (Å²) < 4.78 is 42.7. The van der Waals surface area contributed by atoms with Crippen molar-refractivity contribution in [1.29, 1.82) is 0 Å². The van der Waals surface area contributed by atoms with Crippen molar-refractivity contribution in [1.82, 2.24) is 9.88 Å². The molecule has 0 saturated carbocycles. The summed E-state index contributed by atoms with van der Waals surface area (Å²) in [4.78, 5) is 16.8. The average Bonchev–Trinajstić information content (AvgIpc) is 3.18. The molecule has 0 unspecified atom stereocenters. The van der Waals surface area contributed by atoms with Crippen LogP contribution in [-0.2, 0) is 6.18 Å². The fourth-order valence-corrected chi connectivity index (χ4v) is 3.19. The van der Waals surface area contributed by atoms with Gasteiger partial charge in [0, 0.05) is 19.1 Å². The van der Waals surface area contributed by atoms with E-state index >= 15 is 0 Å². The molecule has 5 nitrogen and oxygen atoms in total. The molecule has 0 bridgehead atoms. The van der Waals surface area contributed by atoms with E-state index in [1.807, 2.05) is 0 Å². The lowest BCUT2D eigenvalue weighted by atomic mass is 10.1. The average molecular weight is 345 g/mol. The predicted octanol–water partition coefficient (Wildman–Crippen LogP) is 3.47. The normalized spacial score (nSPS) is 16.6. The van der Waals surface area contributed by atoms with E-state index in [-0.39, 0.29) is 17.1 Å². The summed E-state index contributed by atoms with van der Waals surface area (Å²) >= 11 is 0.596. The van der Waals surface area contributed by atoms with Crippen LogP contribution in [-0.4, -0.2) is 34.9 Å². The number of piperidine rings is 1. The number of nitrogens with one attached hydrogen (secondary N) is 1. The maximum Gasteiger partial charge on any atom is 0.427 e. The molecule has 2 aromatic rings. The number of anilines is 1. The predicted molar refractivity (Wildman–Crippen MR) is 78.4 cm³/mol. The van der Waals surface area contributed by atoms with Crippen LogP contribution < -0.4 is 5.32 Å². The molecule has 1 aliphatic heterocycles. The summed E-state index contributed by atoms with van der Waals surface area (Å²) in [5.74, 6) is 0.133. The number of rotatable bonds is 3. The number of hydrogen-bond acceptors (Lipinski definition) is 5. The molecule has 3 heterocycles. The van der Waals surface area contributed by atoms with Crippen LogP contribution in [0.2, 0.25) is 0 Å². The van der Waals surface area contributed by atoms with Gasteiger partial charge in [0.1, 0.15) is 4.88 Å². The van der Waals surface area contributed by atoms with Crippen LogP contribution in [0.25, 0.3) is 0 Å². The number of amides is 1. The Morgan fingerprint density at radius 3 is 2.70 bits per heavy atom. The molecule has 23 heavy (non-hydrogen) atoms. The molecule has 9 heteroatoms. The molecule has 0 aliphatic carbocycles. The van der Waals surface area contributed by atoms with Gasteiger partial charge in [0.05, 0.1) is 12.5 Å². The van der Waals surface area contributed by atoms with Crippen molar-refractivity contribution >= 4 is 22.4 Å². The molecule has 1 fully saturated rings. The Morgan fingerprint density at radius 2 is 2.13 bits per heavy atom. The smallest absolute Gasteiger partial charge is 0.427 e. The van der Waals surface area contributed by atoms with E-state index in [1.165, 1.54) is 6.26 Å². The van der Waals surface area contributed by atoms with Gasteiger partial charge in [-0.3, -0.25) is 4.79 Å². The van der Waals surface area contributed by atoms with Gasteiger partial charge in [0.15, 0.2) is 10.9 Å². The highest BCUT2D eigenvalue weighted by Gasteiger charge is 2.33. The molecule has 0 spiro atoms. The van der Waals surface area contributed by atoms with E-state index in [1.54, 1.807) is 17.0 Å². The third-order valence-corrected chi connectivity index (χ3v) is 4.60. The van der Waals surface area contributed by atoms with Gasteiger partial charge in [0.2, 0.25) is 0 Å². The molecule has 1 aliphatic rings. The Morgan fingerprint density at radius 1 is 1.39 bits per heavy atom. The van der Waals surface area contributed by atoms with Crippen LogP contribution in [0.5, 0.6) is 0 Å². The van der Waals surface area contributed by atoms with Crippen molar-refractivity contribution in [3.63, 3.8) is 0 Å². The van der Waals surface area contributed by atoms with Crippen LogP contribution in [0, 0.1) is 0 Å². The van der Waals surface area contributed by atoms with Gasteiger partial charge in [-0.1, -0.05) is 11.3 Å². The number of aromatic nitrogens is 1. The SMILES string of the molecule is O=C(c1ccco1)N1CCC(Nc2ncc(C(F)(F)F)s2)CC1. The molecular weight excluding hydrogens is 331 g/mol. The zero-order valence-electron chi connectivity index (χ0n) is 12.0. The Kier molecular flexibility index (Phi) is 4.29. The van der Waals surface area contributed by atoms with E-state index in [0.717, 1.165) is 6.20 Å². The lowest BCUT2D eigenvalue weighted by molar-refractivity contribution is -0.134. The van der Waals surface area contributed by atoms with E-state index in [0.29, 0.717) is 43.0 Å². The summed E-state index contributed by atoms with van der Waals surface area (Å²) in [7, 11) is 0. The molecule has 0 radical (unpaired) electrons. The molecule has 124 valence electrons. The third kappa shape index (κ3) is 3.66. The first-order valence-electron chi connectivity index (χ1n) is 7.06. The largest absolute Gasteiger partial charge is 0.459 e.